The lowest BCUT2D eigenvalue weighted by Crippen LogP contribution is -2.41. The summed E-state index contributed by atoms with van der Waals surface area (Å²) in [5.41, 5.74) is 1.09. The molecule has 1 aromatic carbocycles. The van der Waals surface area contributed by atoms with Gasteiger partial charge in [-0.3, -0.25) is 4.79 Å². The molecule has 1 saturated carbocycles. The highest BCUT2D eigenvalue weighted by molar-refractivity contribution is 5.83. The van der Waals surface area contributed by atoms with Crippen LogP contribution in [-0.4, -0.2) is 40.4 Å². The number of nitrogens with zero attached hydrogens (tertiary/aromatic N) is 3. The van der Waals surface area contributed by atoms with E-state index in [4.69, 9.17) is 0 Å². The third-order valence-corrected chi connectivity index (χ3v) is 5.73. The van der Waals surface area contributed by atoms with Crippen LogP contribution in [0.5, 0.6) is 0 Å². The molecule has 2 aliphatic rings. The fourth-order valence-electron chi connectivity index (χ4n) is 3.96. The van der Waals surface area contributed by atoms with E-state index in [9.17, 15) is 13.6 Å². The van der Waals surface area contributed by atoms with Gasteiger partial charge in [0.15, 0.2) is 0 Å². The summed E-state index contributed by atoms with van der Waals surface area (Å²) in [6.07, 6.45) is 5.89. The van der Waals surface area contributed by atoms with Crippen LogP contribution in [0.4, 0.5) is 14.7 Å². The second-order valence-corrected chi connectivity index (χ2v) is 7.82. The molecule has 2 heterocycles. The van der Waals surface area contributed by atoms with E-state index in [1.807, 2.05) is 11.8 Å². The number of carbonyl (C=O) groups excluding carboxylic acids is 1. The van der Waals surface area contributed by atoms with Crippen molar-refractivity contribution in [3.05, 3.63) is 53.4 Å². The number of rotatable bonds is 5. The van der Waals surface area contributed by atoms with Crippen molar-refractivity contribution in [3.8, 4) is 0 Å². The van der Waals surface area contributed by atoms with Gasteiger partial charge in [-0.25, -0.2) is 18.7 Å². The van der Waals surface area contributed by atoms with Crippen LogP contribution in [0, 0.1) is 30.4 Å². The monoisotopic (exact) mass is 386 g/mol. The van der Waals surface area contributed by atoms with Gasteiger partial charge >= 0.3 is 0 Å². The van der Waals surface area contributed by atoms with Gasteiger partial charge in [-0.05, 0) is 49.8 Å². The van der Waals surface area contributed by atoms with Crippen LogP contribution >= 0.6 is 0 Å². The molecule has 2 aromatic rings. The van der Waals surface area contributed by atoms with Crippen molar-refractivity contribution in [2.24, 2.45) is 11.8 Å². The smallest absolute Gasteiger partial charge is 0.226 e. The Labute approximate surface area is 163 Å². The van der Waals surface area contributed by atoms with E-state index in [-0.39, 0.29) is 23.3 Å². The van der Waals surface area contributed by atoms with E-state index in [0.29, 0.717) is 31.4 Å². The molecule has 2 unspecified atom stereocenters. The standard InChI is InChI=1S/C21H24F2N4O/c1-13-10-24-21(25-11-13)26-12-14-5-7-27(8-6-14)20(28)16-9-15(16)19-17(22)3-2-4-18(19)23/h2-4,10-11,14-16H,5-9,12H2,1H3,(H,24,25,26). The summed E-state index contributed by atoms with van der Waals surface area (Å²) >= 11 is 0. The second kappa shape index (κ2) is 7.81. The van der Waals surface area contributed by atoms with Crippen molar-refractivity contribution in [1.29, 1.82) is 0 Å². The van der Waals surface area contributed by atoms with Crippen molar-refractivity contribution >= 4 is 11.9 Å². The van der Waals surface area contributed by atoms with Gasteiger partial charge in [-0.1, -0.05) is 6.07 Å². The van der Waals surface area contributed by atoms with Crippen LogP contribution in [0.25, 0.3) is 0 Å². The number of likely N-dealkylation sites (tertiary alicyclic amines) is 1. The number of hydrogen-bond donors (Lipinski definition) is 1. The maximum absolute atomic E-state index is 13.9. The molecule has 1 amide bonds. The van der Waals surface area contributed by atoms with Crippen LogP contribution in [0.3, 0.4) is 0 Å². The van der Waals surface area contributed by atoms with E-state index in [1.54, 1.807) is 12.4 Å². The first-order chi connectivity index (χ1) is 13.5. The maximum Gasteiger partial charge on any atom is 0.226 e. The van der Waals surface area contributed by atoms with Gasteiger partial charge in [0.1, 0.15) is 11.6 Å². The molecule has 148 valence electrons. The van der Waals surface area contributed by atoms with E-state index in [2.05, 4.69) is 15.3 Å². The Morgan fingerprint density at radius 1 is 1.18 bits per heavy atom. The van der Waals surface area contributed by atoms with E-state index in [0.717, 1.165) is 24.9 Å². The zero-order valence-electron chi connectivity index (χ0n) is 15.9. The summed E-state index contributed by atoms with van der Waals surface area (Å²) < 4.78 is 27.9. The predicted molar refractivity (Wildman–Crippen MR) is 102 cm³/mol. The fraction of sp³-hybridized carbons (Fsp3) is 0.476. The molecule has 7 heteroatoms. The predicted octanol–water partition coefficient (Wildman–Crippen LogP) is 3.52. The fourth-order valence-corrected chi connectivity index (χ4v) is 3.96. The molecular formula is C21H24F2N4O. The summed E-state index contributed by atoms with van der Waals surface area (Å²) in [4.78, 5) is 23.1. The quantitative estimate of drug-likeness (QED) is 0.854. The number of hydrogen-bond acceptors (Lipinski definition) is 4. The number of nitrogens with one attached hydrogen (secondary N) is 1. The molecule has 1 aromatic heterocycles. The van der Waals surface area contributed by atoms with Gasteiger partial charge in [0, 0.05) is 49.4 Å². The number of aryl methyl sites for hydroxylation is 1. The Hall–Kier alpha value is -2.57. The van der Waals surface area contributed by atoms with Gasteiger partial charge in [0.25, 0.3) is 0 Å². The lowest BCUT2D eigenvalue weighted by atomic mass is 9.96. The van der Waals surface area contributed by atoms with Gasteiger partial charge in [0.05, 0.1) is 0 Å². The topological polar surface area (TPSA) is 58.1 Å². The molecule has 0 radical (unpaired) electrons. The molecule has 2 atom stereocenters. The van der Waals surface area contributed by atoms with Crippen molar-refractivity contribution in [2.75, 3.05) is 25.0 Å². The number of aromatic nitrogens is 2. The van der Waals surface area contributed by atoms with Crippen molar-refractivity contribution in [3.63, 3.8) is 0 Å². The molecule has 4 rings (SSSR count). The van der Waals surface area contributed by atoms with Gasteiger partial charge in [-0.15, -0.1) is 0 Å². The molecule has 5 nitrogen and oxygen atoms in total. The summed E-state index contributed by atoms with van der Waals surface area (Å²) in [6.45, 7) is 4.09. The van der Waals surface area contributed by atoms with Crippen molar-refractivity contribution in [1.82, 2.24) is 14.9 Å². The molecule has 1 aliphatic heterocycles. The normalized spacial score (nSPS) is 22.2. The minimum atomic E-state index is -0.552. The Bertz CT molecular complexity index is 830. The van der Waals surface area contributed by atoms with Crippen LogP contribution in [0.1, 0.15) is 36.3 Å². The first kappa shape index (κ1) is 18.8. The minimum absolute atomic E-state index is 0.0286. The highest BCUT2D eigenvalue weighted by Crippen LogP contribution is 2.50. The number of benzene rings is 1. The molecule has 2 fully saturated rings. The third-order valence-electron chi connectivity index (χ3n) is 5.73. The largest absolute Gasteiger partial charge is 0.354 e. The highest BCUT2D eigenvalue weighted by Gasteiger charge is 2.48. The molecule has 1 N–H and O–H groups in total. The Morgan fingerprint density at radius 3 is 2.46 bits per heavy atom. The summed E-state index contributed by atoms with van der Waals surface area (Å²) in [7, 11) is 0. The average molecular weight is 386 g/mol. The van der Waals surface area contributed by atoms with Gasteiger partial charge < -0.3 is 10.2 Å². The van der Waals surface area contributed by atoms with E-state index >= 15 is 0 Å². The zero-order valence-corrected chi connectivity index (χ0v) is 15.9. The highest BCUT2D eigenvalue weighted by atomic mass is 19.1. The van der Waals surface area contributed by atoms with E-state index < -0.39 is 11.6 Å². The number of halogens is 2. The molecular weight excluding hydrogens is 362 g/mol. The maximum atomic E-state index is 13.9. The van der Waals surface area contributed by atoms with Crippen LogP contribution in [0.2, 0.25) is 0 Å². The third kappa shape index (κ3) is 3.98. The number of piperidine rings is 1. The second-order valence-electron chi connectivity index (χ2n) is 7.82. The van der Waals surface area contributed by atoms with Crippen molar-refractivity contribution in [2.45, 2.75) is 32.1 Å². The van der Waals surface area contributed by atoms with E-state index in [1.165, 1.54) is 18.2 Å². The van der Waals surface area contributed by atoms with Crippen LogP contribution in [0.15, 0.2) is 30.6 Å². The van der Waals surface area contributed by atoms with Gasteiger partial charge in [0.2, 0.25) is 11.9 Å². The molecule has 28 heavy (non-hydrogen) atoms. The van der Waals surface area contributed by atoms with Crippen LogP contribution < -0.4 is 5.32 Å². The molecule has 0 spiro atoms. The number of anilines is 1. The van der Waals surface area contributed by atoms with Crippen LogP contribution in [-0.2, 0) is 4.79 Å². The summed E-state index contributed by atoms with van der Waals surface area (Å²) in [5, 5.41) is 3.25. The van der Waals surface area contributed by atoms with Gasteiger partial charge in [-0.2, -0.15) is 0 Å². The minimum Gasteiger partial charge on any atom is -0.354 e. The molecule has 1 aliphatic carbocycles. The lowest BCUT2D eigenvalue weighted by molar-refractivity contribution is -0.134. The summed E-state index contributed by atoms with van der Waals surface area (Å²) in [6, 6.07) is 3.87. The first-order valence-corrected chi connectivity index (χ1v) is 9.78. The number of carbonyl (C=O) groups is 1. The molecule has 1 saturated heterocycles. The van der Waals surface area contributed by atoms with Crippen molar-refractivity contribution < 1.29 is 13.6 Å². The zero-order chi connectivity index (χ0) is 19.7. The average Bonchev–Trinajstić information content (AvgIpc) is 3.48. The number of amides is 1. The first-order valence-electron chi connectivity index (χ1n) is 9.78. The Morgan fingerprint density at radius 2 is 1.82 bits per heavy atom. The molecule has 0 bridgehead atoms. The Balaban J connectivity index is 1.26. The Kier molecular flexibility index (Phi) is 5.24. The SMILES string of the molecule is Cc1cnc(NCC2CCN(C(=O)C3CC3c3c(F)cccc3F)CC2)nc1. The summed E-state index contributed by atoms with van der Waals surface area (Å²) in [5.74, 6) is -0.619. The lowest BCUT2D eigenvalue weighted by Gasteiger charge is -2.32.